The Bertz CT molecular complexity index is 455. The lowest BCUT2D eigenvalue weighted by Gasteiger charge is -2.31. The number of carbonyl (C=O) groups excluding carboxylic acids is 2. The second-order valence-electron chi connectivity index (χ2n) is 7.50. The first kappa shape index (κ1) is 23.8. The summed E-state index contributed by atoms with van der Waals surface area (Å²) in [4.78, 5) is 24.1. The smallest absolute Gasteiger partial charge is 0.509 e. The molecule has 0 rings (SSSR count). The van der Waals surface area contributed by atoms with E-state index in [0.29, 0.717) is 12.8 Å². The Balaban J connectivity index is 5.36. The number of carbonyl (C=O) groups is 2. The number of hydrogen-bond acceptors (Lipinski definition) is 7. The molecule has 0 saturated heterocycles. The van der Waals surface area contributed by atoms with E-state index in [4.69, 9.17) is 14.2 Å². The number of ether oxygens (including phenoxy) is 3. The van der Waals surface area contributed by atoms with Gasteiger partial charge in [0.15, 0.2) is 0 Å². The SMILES string of the molecule is C=CCC[C@@H](N[S+]([O-])C(C)(C)C)[C@H](OC(=O)OC(C)(C)C)C(=O)OC. The fourth-order valence-electron chi connectivity index (χ4n) is 1.67. The highest BCUT2D eigenvalue weighted by Gasteiger charge is 2.39. The zero-order chi connectivity index (χ0) is 19.8. The van der Waals surface area contributed by atoms with E-state index in [9.17, 15) is 14.1 Å². The van der Waals surface area contributed by atoms with Gasteiger partial charge in [0.25, 0.3) is 0 Å². The Morgan fingerprint density at radius 3 is 2.20 bits per heavy atom. The largest absolute Gasteiger partial charge is 0.598 e. The molecule has 1 N–H and O–H groups in total. The molecular formula is C17H31NO6S. The van der Waals surface area contributed by atoms with Crippen LogP contribution in [0.25, 0.3) is 0 Å². The number of methoxy groups -OCH3 is 1. The summed E-state index contributed by atoms with van der Waals surface area (Å²) >= 11 is -1.47. The summed E-state index contributed by atoms with van der Waals surface area (Å²) < 4.78 is 29.7. The standard InChI is InChI=1S/C17H31NO6S/c1-9-10-11-12(18-25(21)17(5,6)7)13(14(19)22-8)23-15(20)24-16(2,3)4/h9,12-13,18H,1,10-11H2,2-8H3/t12-,13+,25?/m1/s1. The molecule has 0 bridgehead atoms. The van der Waals surface area contributed by atoms with Crippen molar-refractivity contribution in [2.75, 3.05) is 7.11 Å². The van der Waals surface area contributed by atoms with Crippen molar-refractivity contribution < 1.29 is 28.4 Å². The maximum Gasteiger partial charge on any atom is 0.509 e. The van der Waals surface area contributed by atoms with Crippen molar-refractivity contribution in [3.63, 3.8) is 0 Å². The first-order valence-electron chi connectivity index (χ1n) is 8.08. The molecule has 3 atom stereocenters. The number of hydrogen-bond donors (Lipinski definition) is 1. The highest BCUT2D eigenvalue weighted by Crippen LogP contribution is 2.19. The molecule has 0 aliphatic heterocycles. The molecule has 0 aromatic rings. The summed E-state index contributed by atoms with van der Waals surface area (Å²) in [5.74, 6) is -0.752. The van der Waals surface area contributed by atoms with E-state index in [2.05, 4.69) is 11.3 Å². The van der Waals surface area contributed by atoms with Crippen LogP contribution >= 0.6 is 0 Å². The molecule has 0 amide bonds. The van der Waals surface area contributed by atoms with Gasteiger partial charge in [0, 0.05) is 11.4 Å². The zero-order valence-corrected chi connectivity index (χ0v) is 17.0. The van der Waals surface area contributed by atoms with E-state index in [1.807, 2.05) is 0 Å². The Morgan fingerprint density at radius 1 is 1.24 bits per heavy atom. The average molecular weight is 378 g/mol. The Kier molecular flexibility index (Phi) is 9.53. The van der Waals surface area contributed by atoms with Crippen molar-refractivity contribution in [2.24, 2.45) is 0 Å². The summed E-state index contributed by atoms with van der Waals surface area (Å²) in [6.07, 6.45) is 0.301. The van der Waals surface area contributed by atoms with Gasteiger partial charge in [0.1, 0.15) is 16.4 Å². The van der Waals surface area contributed by atoms with Gasteiger partial charge in [-0.25, -0.2) is 9.59 Å². The highest BCUT2D eigenvalue weighted by molar-refractivity contribution is 7.90. The molecular weight excluding hydrogens is 346 g/mol. The van der Waals surface area contributed by atoms with E-state index in [0.717, 1.165) is 0 Å². The molecule has 7 nitrogen and oxygen atoms in total. The summed E-state index contributed by atoms with van der Waals surface area (Å²) in [6, 6.07) is -0.710. The molecule has 25 heavy (non-hydrogen) atoms. The molecule has 0 fully saturated rings. The summed E-state index contributed by atoms with van der Waals surface area (Å²) in [5.41, 5.74) is -0.768. The lowest BCUT2D eigenvalue weighted by Crippen LogP contribution is -2.53. The fourth-order valence-corrected chi connectivity index (χ4v) is 2.54. The number of allylic oxidation sites excluding steroid dienone is 1. The lowest BCUT2D eigenvalue weighted by atomic mass is 10.1. The molecule has 1 unspecified atom stereocenters. The van der Waals surface area contributed by atoms with E-state index < -0.39 is 46.0 Å². The van der Waals surface area contributed by atoms with Crippen molar-refractivity contribution in [2.45, 2.75) is 76.9 Å². The summed E-state index contributed by atoms with van der Waals surface area (Å²) in [6.45, 7) is 14.1. The van der Waals surface area contributed by atoms with Crippen molar-refractivity contribution in [3.05, 3.63) is 12.7 Å². The molecule has 0 spiro atoms. The minimum atomic E-state index is -1.47. The average Bonchev–Trinajstić information content (AvgIpc) is 2.45. The van der Waals surface area contributed by atoms with Crippen LogP contribution in [0.1, 0.15) is 54.4 Å². The van der Waals surface area contributed by atoms with Gasteiger partial charge in [-0.05, 0) is 54.4 Å². The van der Waals surface area contributed by atoms with Crippen LogP contribution in [0.4, 0.5) is 4.79 Å². The fraction of sp³-hybridized carbons (Fsp3) is 0.765. The normalized spacial score (nSPS) is 15.7. The van der Waals surface area contributed by atoms with Gasteiger partial charge in [0.05, 0.1) is 7.11 Å². The molecule has 0 heterocycles. The van der Waals surface area contributed by atoms with E-state index in [1.54, 1.807) is 47.6 Å². The third kappa shape index (κ3) is 9.72. The van der Waals surface area contributed by atoms with Gasteiger partial charge in [-0.3, -0.25) is 0 Å². The van der Waals surface area contributed by atoms with Crippen molar-refractivity contribution in [1.82, 2.24) is 4.72 Å². The molecule has 0 aromatic carbocycles. The summed E-state index contributed by atoms with van der Waals surface area (Å²) in [5, 5.41) is 0. The first-order chi connectivity index (χ1) is 11.3. The van der Waals surface area contributed by atoms with E-state index >= 15 is 0 Å². The Morgan fingerprint density at radius 2 is 1.80 bits per heavy atom. The molecule has 0 aliphatic rings. The van der Waals surface area contributed by atoms with Crippen molar-refractivity contribution in [3.8, 4) is 0 Å². The quantitative estimate of drug-likeness (QED) is 0.394. The minimum absolute atomic E-state index is 0.383. The van der Waals surface area contributed by atoms with Crippen LogP contribution < -0.4 is 4.72 Å². The maximum atomic E-state index is 12.4. The lowest BCUT2D eigenvalue weighted by molar-refractivity contribution is -0.154. The molecule has 0 aliphatic carbocycles. The Labute approximate surface area is 153 Å². The van der Waals surface area contributed by atoms with Crippen LogP contribution in [0.15, 0.2) is 12.7 Å². The van der Waals surface area contributed by atoms with Gasteiger partial charge in [-0.2, -0.15) is 0 Å². The highest BCUT2D eigenvalue weighted by atomic mass is 32.2. The van der Waals surface area contributed by atoms with Gasteiger partial charge in [-0.15, -0.1) is 11.3 Å². The molecule has 0 saturated carbocycles. The third-order valence-electron chi connectivity index (χ3n) is 2.91. The minimum Gasteiger partial charge on any atom is -0.598 e. The van der Waals surface area contributed by atoms with E-state index in [-0.39, 0.29) is 0 Å². The first-order valence-corrected chi connectivity index (χ1v) is 9.23. The third-order valence-corrected chi connectivity index (χ3v) is 4.54. The van der Waals surface area contributed by atoms with Gasteiger partial charge >= 0.3 is 12.1 Å². The van der Waals surface area contributed by atoms with Crippen molar-refractivity contribution in [1.29, 1.82) is 0 Å². The van der Waals surface area contributed by atoms with Crippen LogP contribution in [0.5, 0.6) is 0 Å². The predicted octanol–water partition coefficient (Wildman–Crippen LogP) is 2.87. The second-order valence-corrected chi connectivity index (χ2v) is 9.50. The van der Waals surface area contributed by atoms with Crippen LogP contribution in [0.3, 0.4) is 0 Å². The van der Waals surface area contributed by atoms with Crippen LogP contribution in [-0.2, 0) is 30.4 Å². The monoisotopic (exact) mass is 377 g/mol. The molecule has 146 valence electrons. The topological polar surface area (TPSA) is 96.9 Å². The number of esters is 1. The number of nitrogens with one attached hydrogen (secondary N) is 1. The van der Waals surface area contributed by atoms with Crippen LogP contribution in [0, 0.1) is 0 Å². The van der Waals surface area contributed by atoms with Crippen molar-refractivity contribution >= 4 is 23.5 Å². The maximum absolute atomic E-state index is 12.4. The van der Waals surface area contributed by atoms with Crippen LogP contribution in [-0.4, -0.2) is 46.3 Å². The van der Waals surface area contributed by atoms with Gasteiger partial charge in [-0.1, -0.05) is 6.08 Å². The summed E-state index contributed by atoms with van der Waals surface area (Å²) in [7, 11) is 1.19. The molecule has 8 heteroatoms. The zero-order valence-electron chi connectivity index (χ0n) is 16.2. The molecule has 0 radical (unpaired) electrons. The van der Waals surface area contributed by atoms with E-state index in [1.165, 1.54) is 7.11 Å². The van der Waals surface area contributed by atoms with Gasteiger partial charge in [0.2, 0.25) is 6.10 Å². The predicted molar refractivity (Wildman–Crippen MR) is 97.4 cm³/mol. The molecule has 0 aromatic heterocycles. The number of rotatable bonds is 8. The van der Waals surface area contributed by atoms with Crippen LogP contribution in [0.2, 0.25) is 0 Å². The second kappa shape index (κ2) is 10.0. The van der Waals surface area contributed by atoms with Gasteiger partial charge < -0.3 is 18.8 Å². The Hall–Kier alpha value is -1.25.